The maximum absolute atomic E-state index is 12.8. The van der Waals surface area contributed by atoms with Crippen molar-refractivity contribution in [2.75, 3.05) is 0 Å². The van der Waals surface area contributed by atoms with Crippen molar-refractivity contribution in [3.8, 4) is 5.69 Å². The minimum atomic E-state index is -0.250. The van der Waals surface area contributed by atoms with Crippen LogP contribution in [0, 0.1) is 13.8 Å². The topological polar surface area (TPSA) is 81.8 Å². The molecule has 0 radical (unpaired) electrons. The highest BCUT2D eigenvalue weighted by atomic mass is 16.2. The Balaban J connectivity index is 1.59. The summed E-state index contributed by atoms with van der Waals surface area (Å²) < 4.78 is 3.03. The number of amides is 1. The molecule has 3 aromatic rings. The smallest absolute Gasteiger partial charge is 0.264 e. The highest BCUT2D eigenvalue weighted by Gasteiger charge is 2.18. The van der Waals surface area contributed by atoms with Gasteiger partial charge < -0.3 is 5.32 Å². The van der Waals surface area contributed by atoms with Crippen molar-refractivity contribution in [2.45, 2.75) is 58.5 Å². The molecule has 28 heavy (non-hydrogen) atoms. The number of nitrogens with one attached hydrogen (secondary N) is 1. The molecule has 0 spiro atoms. The minimum absolute atomic E-state index is 0.0208. The average molecular weight is 379 g/mol. The third kappa shape index (κ3) is 3.56. The zero-order valence-electron chi connectivity index (χ0n) is 16.3. The summed E-state index contributed by atoms with van der Waals surface area (Å²) in [5.41, 5.74) is 3.36. The monoisotopic (exact) mass is 379 g/mol. The Kier molecular flexibility index (Phi) is 4.98. The number of carbonyl (C=O) groups excluding carboxylic acids is 1. The van der Waals surface area contributed by atoms with E-state index in [0.717, 1.165) is 42.5 Å². The lowest BCUT2D eigenvalue weighted by Gasteiger charge is -2.22. The largest absolute Gasteiger partial charge is 0.352 e. The number of hydrogen-bond donors (Lipinski definition) is 1. The number of carbonyl (C=O) groups is 1. The van der Waals surface area contributed by atoms with Crippen LogP contribution in [0.3, 0.4) is 0 Å². The van der Waals surface area contributed by atoms with Crippen LogP contribution in [0.2, 0.25) is 0 Å². The summed E-state index contributed by atoms with van der Waals surface area (Å²) in [5.74, 6) is -0.142. The summed E-state index contributed by atoms with van der Waals surface area (Å²) >= 11 is 0. The van der Waals surface area contributed by atoms with Gasteiger partial charge in [-0.1, -0.05) is 37.0 Å². The molecule has 7 heteroatoms. The molecule has 1 aliphatic rings. The predicted molar refractivity (Wildman–Crippen MR) is 108 cm³/mol. The first-order valence-electron chi connectivity index (χ1n) is 9.83. The first kappa shape index (κ1) is 18.4. The molecule has 1 N–H and O–H groups in total. The van der Waals surface area contributed by atoms with Crippen molar-refractivity contribution in [1.29, 1.82) is 0 Å². The number of benzene rings is 1. The van der Waals surface area contributed by atoms with Gasteiger partial charge in [-0.05, 0) is 38.3 Å². The van der Waals surface area contributed by atoms with E-state index in [9.17, 15) is 9.59 Å². The van der Waals surface area contributed by atoms with Gasteiger partial charge in [0.2, 0.25) is 5.91 Å². The number of hydrogen-bond acceptors (Lipinski definition) is 4. The number of rotatable bonds is 4. The Morgan fingerprint density at radius 2 is 2.00 bits per heavy atom. The van der Waals surface area contributed by atoms with Crippen LogP contribution in [0.4, 0.5) is 0 Å². The molecule has 0 bridgehead atoms. The lowest BCUT2D eigenvalue weighted by atomic mass is 9.95. The third-order valence-electron chi connectivity index (χ3n) is 5.42. The molecule has 1 fully saturated rings. The molecule has 1 saturated carbocycles. The van der Waals surface area contributed by atoms with Gasteiger partial charge in [0.25, 0.3) is 5.56 Å². The number of fused-ring (bicyclic) bond motifs is 1. The Morgan fingerprint density at radius 3 is 2.75 bits per heavy atom. The van der Waals surface area contributed by atoms with E-state index in [2.05, 4.69) is 21.5 Å². The molecule has 0 aliphatic heterocycles. The van der Waals surface area contributed by atoms with Gasteiger partial charge >= 0.3 is 0 Å². The van der Waals surface area contributed by atoms with Gasteiger partial charge in [-0.25, -0.2) is 9.67 Å². The fraction of sp³-hybridized carbons (Fsp3) is 0.429. The number of aromatic nitrogens is 4. The van der Waals surface area contributed by atoms with Crippen molar-refractivity contribution in [3.05, 3.63) is 52.2 Å². The molecular weight excluding hydrogens is 354 g/mol. The normalized spacial score (nSPS) is 15.1. The first-order chi connectivity index (χ1) is 13.5. The van der Waals surface area contributed by atoms with Gasteiger partial charge in [0, 0.05) is 6.04 Å². The molecule has 2 heterocycles. The van der Waals surface area contributed by atoms with Crippen LogP contribution in [-0.4, -0.2) is 31.3 Å². The minimum Gasteiger partial charge on any atom is -0.352 e. The standard InChI is InChI=1S/C21H25N5O2/c1-14-8-9-18(15(2)10-14)26-20-17(11-23-26)21(28)25(13-22-20)12-19(27)24-16-6-4-3-5-7-16/h8-11,13,16H,3-7,12H2,1-2H3,(H,24,27). The molecule has 0 atom stereocenters. The maximum Gasteiger partial charge on any atom is 0.264 e. The number of aryl methyl sites for hydroxylation is 2. The SMILES string of the molecule is Cc1ccc(-n2ncc3c(=O)n(CC(=O)NC4CCCCC4)cnc32)c(C)c1. The zero-order chi connectivity index (χ0) is 19.7. The second-order valence-electron chi connectivity index (χ2n) is 7.66. The van der Waals surface area contributed by atoms with E-state index in [1.54, 1.807) is 4.68 Å². The molecule has 2 aromatic heterocycles. The van der Waals surface area contributed by atoms with Gasteiger partial charge in [0.15, 0.2) is 5.65 Å². The van der Waals surface area contributed by atoms with E-state index >= 15 is 0 Å². The van der Waals surface area contributed by atoms with E-state index in [1.807, 2.05) is 26.0 Å². The van der Waals surface area contributed by atoms with Crippen molar-refractivity contribution in [2.24, 2.45) is 0 Å². The van der Waals surface area contributed by atoms with E-state index in [0.29, 0.717) is 11.0 Å². The molecular formula is C21H25N5O2. The summed E-state index contributed by atoms with van der Waals surface area (Å²) in [6.45, 7) is 4.02. The summed E-state index contributed by atoms with van der Waals surface area (Å²) in [7, 11) is 0. The molecule has 0 unspecified atom stereocenters. The highest BCUT2D eigenvalue weighted by Crippen LogP contribution is 2.19. The van der Waals surface area contributed by atoms with Crippen molar-refractivity contribution < 1.29 is 4.79 Å². The van der Waals surface area contributed by atoms with E-state index in [-0.39, 0.29) is 24.1 Å². The quantitative estimate of drug-likeness (QED) is 0.756. The van der Waals surface area contributed by atoms with E-state index < -0.39 is 0 Å². The molecule has 1 amide bonds. The van der Waals surface area contributed by atoms with Crippen molar-refractivity contribution in [3.63, 3.8) is 0 Å². The lowest BCUT2D eigenvalue weighted by molar-refractivity contribution is -0.122. The van der Waals surface area contributed by atoms with Crippen LogP contribution < -0.4 is 10.9 Å². The fourth-order valence-corrected chi connectivity index (χ4v) is 3.96. The molecule has 4 rings (SSSR count). The third-order valence-corrected chi connectivity index (χ3v) is 5.42. The summed E-state index contributed by atoms with van der Waals surface area (Å²) in [5, 5.41) is 7.82. The van der Waals surface area contributed by atoms with Gasteiger partial charge in [0.05, 0.1) is 11.9 Å². The maximum atomic E-state index is 12.8. The lowest BCUT2D eigenvalue weighted by Crippen LogP contribution is -2.39. The van der Waals surface area contributed by atoms with Gasteiger partial charge in [-0.2, -0.15) is 5.10 Å². The van der Waals surface area contributed by atoms with Gasteiger partial charge in [-0.15, -0.1) is 0 Å². The Morgan fingerprint density at radius 1 is 1.21 bits per heavy atom. The second-order valence-corrected chi connectivity index (χ2v) is 7.66. The van der Waals surface area contributed by atoms with Crippen LogP contribution >= 0.6 is 0 Å². The van der Waals surface area contributed by atoms with Crippen molar-refractivity contribution in [1.82, 2.24) is 24.6 Å². The van der Waals surface area contributed by atoms with E-state index in [4.69, 9.17) is 0 Å². The Bertz CT molecular complexity index is 1080. The van der Waals surface area contributed by atoms with Gasteiger partial charge in [-0.3, -0.25) is 14.2 Å². The molecule has 1 aliphatic carbocycles. The van der Waals surface area contributed by atoms with Gasteiger partial charge in [0.1, 0.15) is 18.3 Å². The summed E-state index contributed by atoms with van der Waals surface area (Å²) in [6.07, 6.45) is 8.52. The zero-order valence-corrected chi connectivity index (χ0v) is 16.3. The van der Waals surface area contributed by atoms with Crippen LogP contribution in [0.1, 0.15) is 43.2 Å². The summed E-state index contributed by atoms with van der Waals surface area (Å²) in [4.78, 5) is 29.6. The number of nitrogens with zero attached hydrogens (tertiary/aromatic N) is 4. The van der Waals surface area contributed by atoms with Crippen LogP contribution in [0.5, 0.6) is 0 Å². The van der Waals surface area contributed by atoms with Crippen molar-refractivity contribution >= 4 is 16.9 Å². The highest BCUT2D eigenvalue weighted by molar-refractivity contribution is 5.78. The summed E-state index contributed by atoms with van der Waals surface area (Å²) in [6, 6.07) is 6.27. The predicted octanol–water partition coefficient (Wildman–Crippen LogP) is 2.65. The average Bonchev–Trinajstić information content (AvgIpc) is 3.09. The second kappa shape index (κ2) is 7.58. The molecule has 0 saturated heterocycles. The van der Waals surface area contributed by atoms with Crippen LogP contribution in [0.25, 0.3) is 16.7 Å². The first-order valence-corrected chi connectivity index (χ1v) is 9.83. The van der Waals surface area contributed by atoms with Crippen LogP contribution in [-0.2, 0) is 11.3 Å². The Labute approximate surface area is 163 Å². The fourth-order valence-electron chi connectivity index (χ4n) is 3.96. The van der Waals surface area contributed by atoms with E-state index in [1.165, 1.54) is 23.5 Å². The Hall–Kier alpha value is -2.96. The van der Waals surface area contributed by atoms with Crippen LogP contribution in [0.15, 0.2) is 35.5 Å². The molecule has 7 nitrogen and oxygen atoms in total. The molecule has 146 valence electrons. The molecule has 1 aromatic carbocycles.